The van der Waals surface area contributed by atoms with Gasteiger partial charge in [-0.25, -0.2) is 4.98 Å². The molecule has 1 aromatic carbocycles. The lowest BCUT2D eigenvalue weighted by atomic mass is 9.45. The highest BCUT2D eigenvalue weighted by molar-refractivity contribution is 5.80. The summed E-state index contributed by atoms with van der Waals surface area (Å²) in [7, 11) is 0. The van der Waals surface area contributed by atoms with Crippen LogP contribution in [-0.4, -0.2) is 37.4 Å². The number of nitrogens with zero attached hydrogens (tertiary/aromatic N) is 4. The van der Waals surface area contributed by atoms with Crippen molar-refractivity contribution in [1.29, 1.82) is 0 Å². The van der Waals surface area contributed by atoms with Crippen LogP contribution in [0.15, 0.2) is 36.7 Å². The number of carbonyl (C=O) groups excluding carboxylic acids is 2. The lowest BCUT2D eigenvalue weighted by Crippen LogP contribution is -2.54. The molecule has 2 aromatic heterocycles. The van der Waals surface area contributed by atoms with Crippen molar-refractivity contribution in [3.63, 3.8) is 0 Å². The number of aromatic nitrogens is 4. The molecule has 2 heterocycles. The molecule has 0 spiro atoms. The Hall–Kier alpha value is -3.49. The molecule has 42 heavy (non-hydrogen) atoms. The van der Waals surface area contributed by atoms with E-state index >= 15 is 0 Å². The summed E-state index contributed by atoms with van der Waals surface area (Å²) in [5.41, 5.74) is 8.20. The average Bonchev–Trinajstić information content (AvgIpc) is 3.53. The van der Waals surface area contributed by atoms with Crippen LogP contribution in [0.2, 0.25) is 0 Å². The lowest BCUT2D eigenvalue weighted by molar-refractivity contribution is -0.164. The van der Waals surface area contributed by atoms with E-state index in [1.54, 1.807) is 10.9 Å². The SMILES string of the molecule is C[C@]12CCC(=O)C[C@@H]1CC[C@@H]1[C@@H]2CC[C@]2(C)[C@@H](OC(=O)Cn3cnc4c(OCc5ccccc5)nc(N)nc43)CC[C@@H]12. The molecule has 4 fully saturated rings. The monoisotopic (exact) mass is 571 g/mol. The smallest absolute Gasteiger partial charge is 0.326 e. The van der Waals surface area contributed by atoms with Gasteiger partial charge >= 0.3 is 5.97 Å². The van der Waals surface area contributed by atoms with Crippen LogP contribution >= 0.6 is 0 Å². The van der Waals surface area contributed by atoms with E-state index in [2.05, 4.69) is 28.8 Å². The van der Waals surface area contributed by atoms with Crippen LogP contribution in [-0.2, 0) is 27.5 Å². The molecule has 4 aliphatic carbocycles. The minimum absolute atomic E-state index is 0.00214. The molecule has 7 atom stereocenters. The van der Waals surface area contributed by atoms with Crippen molar-refractivity contribution in [3.8, 4) is 5.88 Å². The number of ketones is 1. The first-order valence-electron chi connectivity index (χ1n) is 15.6. The predicted octanol–water partition coefficient (Wildman–Crippen LogP) is 5.51. The van der Waals surface area contributed by atoms with Gasteiger partial charge in [-0.3, -0.25) is 9.59 Å². The fourth-order valence-corrected chi connectivity index (χ4v) is 9.40. The van der Waals surface area contributed by atoms with E-state index in [1.807, 2.05) is 30.3 Å². The van der Waals surface area contributed by atoms with Gasteiger partial charge in [-0.15, -0.1) is 0 Å². The van der Waals surface area contributed by atoms with Crippen LogP contribution in [0.5, 0.6) is 5.88 Å². The topological polar surface area (TPSA) is 122 Å². The van der Waals surface area contributed by atoms with Crippen molar-refractivity contribution in [2.45, 2.75) is 90.9 Å². The van der Waals surface area contributed by atoms with Crippen LogP contribution in [0.25, 0.3) is 11.2 Å². The van der Waals surface area contributed by atoms with Gasteiger partial charge in [0.25, 0.3) is 0 Å². The molecule has 0 bridgehead atoms. The number of anilines is 1. The maximum Gasteiger partial charge on any atom is 0.326 e. The second kappa shape index (κ2) is 10.3. The summed E-state index contributed by atoms with van der Waals surface area (Å²) in [6.45, 7) is 5.15. The van der Waals surface area contributed by atoms with Crippen LogP contribution in [0.4, 0.5) is 5.95 Å². The molecule has 4 saturated carbocycles. The van der Waals surface area contributed by atoms with Gasteiger partial charge in [0, 0.05) is 18.3 Å². The molecule has 4 aliphatic rings. The van der Waals surface area contributed by atoms with E-state index in [0.29, 0.717) is 53.1 Å². The van der Waals surface area contributed by atoms with Crippen molar-refractivity contribution >= 4 is 28.9 Å². The second-order valence-electron chi connectivity index (χ2n) is 13.7. The third kappa shape index (κ3) is 4.56. The van der Waals surface area contributed by atoms with Gasteiger partial charge in [0.15, 0.2) is 11.2 Å². The van der Waals surface area contributed by atoms with E-state index in [1.165, 1.54) is 12.8 Å². The Balaban J connectivity index is 1.04. The third-order valence-electron chi connectivity index (χ3n) is 11.6. The number of imidazole rings is 1. The van der Waals surface area contributed by atoms with E-state index < -0.39 is 0 Å². The highest BCUT2D eigenvalue weighted by Crippen LogP contribution is 2.66. The standard InChI is InChI=1S/C33H41N5O4/c1-32-14-12-22(39)16-21(32)8-9-23-24-10-11-26(33(24,2)15-13-25(23)32)42-27(40)17-38-19-35-28-29(38)36-31(34)37-30(28)41-18-20-6-4-3-5-7-20/h3-7,19,21,23-26H,8-18H2,1-2H3,(H2,34,36,37)/t21-,23-,24-,25-,26-,32-,33-/m0/s1. The van der Waals surface area contributed by atoms with Crippen LogP contribution in [0.3, 0.4) is 0 Å². The first-order valence-corrected chi connectivity index (χ1v) is 15.6. The first-order chi connectivity index (χ1) is 20.2. The molecule has 0 aliphatic heterocycles. The molecule has 7 rings (SSSR count). The van der Waals surface area contributed by atoms with Crippen molar-refractivity contribution in [2.24, 2.45) is 34.5 Å². The van der Waals surface area contributed by atoms with Gasteiger partial charge in [-0.2, -0.15) is 9.97 Å². The number of carbonyl (C=O) groups is 2. The molecule has 0 saturated heterocycles. The first kappa shape index (κ1) is 27.3. The van der Waals surface area contributed by atoms with Crippen LogP contribution in [0.1, 0.15) is 77.2 Å². The molecule has 0 radical (unpaired) electrons. The molecule has 222 valence electrons. The summed E-state index contributed by atoms with van der Waals surface area (Å²) in [5.74, 6) is 2.98. The summed E-state index contributed by atoms with van der Waals surface area (Å²) in [6.07, 6.45) is 10.7. The zero-order valence-corrected chi connectivity index (χ0v) is 24.6. The molecule has 0 unspecified atom stereocenters. The summed E-state index contributed by atoms with van der Waals surface area (Å²) >= 11 is 0. The molecule has 2 N–H and O–H groups in total. The van der Waals surface area contributed by atoms with Crippen molar-refractivity contribution < 1.29 is 19.1 Å². The number of nitrogen functional groups attached to an aromatic ring is 1. The fourth-order valence-electron chi connectivity index (χ4n) is 9.40. The molecule has 9 heteroatoms. The Bertz CT molecular complexity index is 1510. The summed E-state index contributed by atoms with van der Waals surface area (Å²) in [6, 6.07) is 9.80. The lowest BCUT2D eigenvalue weighted by Gasteiger charge is -2.60. The zero-order chi connectivity index (χ0) is 29.1. The molecular weight excluding hydrogens is 530 g/mol. The molecule has 0 amide bonds. The van der Waals surface area contributed by atoms with E-state index in [0.717, 1.165) is 50.5 Å². The van der Waals surface area contributed by atoms with Gasteiger partial charge in [-0.1, -0.05) is 44.2 Å². The average molecular weight is 572 g/mol. The van der Waals surface area contributed by atoms with Gasteiger partial charge in [0.1, 0.15) is 25.0 Å². The quantitative estimate of drug-likeness (QED) is 0.384. The Labute approximate surface area is 246 Å². The number of benzene rings is 1. The number of hydrogen-bond acceptors (Lipinski definition) is 8. The van der Waals surface area contributed by atoms with E-state index in [-0.39, 0.29) is 35.4 Å². The number of nitrogens with two attached hydrogens (primary N) is 1. The maximum atomic E-state index is 13.4. The summed E-state index contributed by atoms with van der Waals surface area (Å²) in [4.78, 5) is 38.6. The number of Topliss-reactive ketones (excluding diaryl/α,β-unsaturated/α-hetero) is 1. The highest BCUT2D eigenvalue weighted by Gasteiger charge is 2.61. The molecule has 9 nitrogen and oxygen atoms in total. The second-order valence-corrected chi connectivity index (χ2v) is 13.7. The normalized spacial score (nSPS) is 34.0. The highest BCUT2D eigenvalue weighted by atomic mass is 16.5. The third-order valence-corrected chi connectivity index (χ3v) is 11.6. The fraction of sp³-hybridized carbons (Fsp3) is 0.606. The minimum Gasteiger partial charge on any atom is -0.471 e. The van der Waals surface area contributed by atoms with Gasteiger partial charge in [0.2, 0.25) is 11.8 Å². The van der Waals surface area contributed by atoms with Gasteiger partial charge in [0.05, 0.1) is 6.33 Å². The van der Waals surface area contributed by atoms with Crippen molar-refractivity contribution in [3.05, 3.63) is 42.2 Å². The Kier molecular flexibility index (Phi) is 6.74. The molecule has 3 aromatic rings. The number of ether oxygens (including phenoxy) is 2. The Morgan fingerprint density at radius 3 is 2.67 bits per heavy atom. The van der Waals surface area contributed by atoms with Crippen molar-refractivity contribution in [1.82, 2.24) is 19.5 Å². The molecular formula is C33H41N5O4. The minimum atomic E-state index is -0.284. The summed E-state index contributed by atoms with van der Waals surface area (Å²) in [5, 5.41) is 0. The number of esters is 1. The Morgan fingerprint density at radius 2 is 1.83 bits per heavy atom. The number of rotatable bonds is 6. The predicted molar refractivity (Wildman–Crippen MR) is 157 cm³/mol. The van der Waals surface area contributed by atoms with Crippen LogP contribution in [0, 0.1) is 34.5 Å². The largest absolute Gasteiger partial charge is 0.471 e. The van der Waals surface area contributed by atoms with Gasteiger partial charge < -0.3 is 19.8 Å². The Morgan fingerprint density at radius 1 is 1.02 bits per heavy atom. The number of fused-ring (bicyclic) bond motifs is 6. The summed E-state index contributed by atoms with van der Waals surface area (Å²) < 4.78 is 13.9. The van der Waals surface area contributed by atoms with Gasteiger partial charge in [-0.05, 0) is 79.6 Å². The van der Waals surface area contributed by atoms with E-state index in [4.69, 9.17) is 15.2 Å². The number of hydrogen-bond donors (Lipinski definition) is 1. The van der Waals surface area contributed by atoms with Crippen molar-refractivity contribution in [2.75, 3.05) is 5.73 Å². The zero-order valence-electron chi connectivity index (χ0n) is 24.6. The van der Waals surface area contributed by atoms with Crippen LogP contribution < -0.4 is 10.5 Å². The maximum absolute atomic E-state index is 13.4. The van der Waals surface area contributed by atoms with E-state index in [9.17, 15) is 9.59 Å².